The Hall–Kier alpha value is -1.39. The summed E-state index contributed by atoms with van der Waals surface area (Å²) in [5.41, 5.74) is 2.16. The van der Waals surface area contributed by atoms with Crippen LogP contribution in [0.15, 0.2) is 24.3 Å². The molecule has 1 aromatic carbocycles. The quantitative estimate of drug-likeness (QED) is 0.887. The SMILES string of the molecule is CCC(c1nc2ccccc2[nH]1)N1CCCCC1CCO. The third-order valence-electron chi connectivity index (χ3n) is 4.65. The number of aromatic nitrogens is 2. The number of imidazole rings is 1. The molecule has 0 spiro atoms. The number of para-hydroxylation sites is 2. The number of H-pyrrole nitrogens is 1. The van der Waals surface area contributed by atoms with Crippen molar-refractivity contribution >= 4 is 11.0 Å². The molecule has 4 heteroatoms. The first kappa shape index (κ1) is 14.5. The van der Waals surface area contributed by atoms with Crippen molar-refractivity contribution in [3.8, 4) is 0 Å². The molecule has 0 aliphatic carbocycles. The van der Waals surface area contributed by atoms with E-state index in [1.54, 1.807) is 0 Å². The van der Waals surface area contributed by atoms with E-state index < -0.39 is 0 Å². The van der Waals surface area contributed by atoms with Crippen molar-refractivity contribution in [3.05, 3.63) is 30.1 Å². The Balaban J connectivity index is 1.88. The molecule has 0 amide bonds. The lowest BCUT2D eigenvalue weighted by Crippen LogP contribution is -2.42. The summed E-state index contributed by atoms with van der Waals surface area (Å²) >= 11 is 0. The van der Waals surface area contributed by atoms with E-state index in [4.69, 9.17) is 4.98 Å². The van der Waals surface area contributed by atoms with Gasteiger partial charge in [-0.2, -0.15) is 0 Å². The van der Waals surface area contributed by atoms with Gasteiger partial charge in [0.2, 0.25) is 0 Å². The predicted octanol–water partition coefficient (Wildman–Crippen LogP) is 3.25. The molecule has 1 fully saturated rings. The maximum Gasteiger partial charge on any atom is 0.124 e. The average molecular weight is 287 g/mol. The van der Waals surface area contributed by atoms with Gasteiger partial charge in [0.05, 0.1) is 17.1 Å². The number of piperidine rings is 1. The summed E-state index contributed by atoms with van der Waals surface area (Å²) in [5.74, 6) is 1.07. The lowest BCUT2D eigenvalue weighted by Gasteiger charge is -2.40. The molecule has 0 saturated carbocycles. The van der Waals surface area contributed by atoms with Crippen LogP contribution in [0.3, 0.4) is 0 Å². The molecule has 3 rings (SSSR count). The molecule has 2 aromatic rings. The van der Waals surface area contributed by atoms with Crippen molar-refractivity contribution in [2.75, 3.05) is 13.2 Å². The molecule has 2 N–H and O–H groups in total. The molecule has 2 unspecified atom stereocenters. The van der Waals surface area contributed by atoms with Gasteiger partial charge in [-0.15, -0.1) is 0 Å². The fourth-order valence-electron chi connectivity index (χ4n) is 3.61. The van der Waals surface area contributed by atoms with Crippen LogP contribution in [0.5, 0.6) is 0 Å². The maximum atomic E-state index is 9.33. The molecule has 0 radical (unpaired) electrons. The van der Waals surface area contributed by atoms with Gasteiger partial charge < -0.3 is 10.1 Å². The zero-order valence-corrected chi connectivity index (χ0v) is 12.8. The van der Waals surface area contributed by atoms with Crippen LogP contribution < -0.4 is 0 Å². The second kappa shape index (κ2) is 6.58. The van der Waals surface area contributed by atoms with Gasteiger partial charge in [-0.25, -0.2) is 4.98 Å². The van der Waals surface area contributed by atoms with Crippen LogP contribution in [-0.2, 0) is 0 Å². The number of rotatable bonds is 5. The first-order valence-electron chi connectivity index (χ1n) is 8.14. The van der Waals surface area contributed by atoms with Gasteiger partial charge in [-0.05, 0) is 44.4 Å². The lowest BCUT2D eigenvalue weighted by molar-refractivity contribution is 0.0696. The normalized spacial score (nSPS) is 21.7. The summed E-state index contributed by atoms with van der Waals surface area (Å²) in [4.78, 5) is 10.8. The first-order valence-corrected chi connectivity index (χ1v) is 8.14. The molecular weight excluding hydrogens is 262 g/mol. The van der Waals surface area contributed by atoms with Crippen LogP contribution in [0.25, 0.3) is 11.0 Å². The molecule has 2 atom stereocenters. The number of nitrogens with zero attached hydrogens (tertiary/aromatic N) is 2. The van der Waals surface area contributed by atoms with E-state index in [-0.39, 0.29) is 6.61 Å². The number of aliphatic hydroxyl groups is 1. The van der Waals surface area contributed by atoms with E-state index in [2.05, 4.69) is 28.9 Å². The van der Waals surface area contributed by atoms with Crippen molar-refractivity contribution < 1.29 is 5.11 Å². The number of benzene rings is 1. The Labute approximate surface area is 126 Å². The number of nitrogens with one attached hydrogen (secondary N) is 1. The summed E-state index contributed by atoms with van der Waals surface area (Å²) in [6, 6.07) is 9.03. The minimum Gasteiger partial charge on any atom is -0.396 e. The van der Waals surface area contributed by atoms with Gasteiger partial charge in [-0.1, -0.05) is 25.5 Å². The second-order valence-corrected chi connectivity index (χ2v) is 5.96. The third-order valence-corrected chi connectivity index (χ3v) is 4.65. The molecule has 0 bridgehead atoms. The van der Waals surface area contributed by atoms with Gasteiger partial charge in [0.1, 0.15) is 5.82 Å². The van der Waals surface area contributed by atoms with Crippen molar-refractivity contribution in [1.82, 2.24) is 14.9 Å². The third kappa shape index (κ3) is 2.97. The maximum absolute atomic E-state index is 9.33. The van der Waals surface area contributed by atoms with Gasteiger partial charge >= 0.3 is 0 Å². The molecule has 21 heavy (non-hydrogen) atoms. The van der Waals surface area contributed by atoms with Crippen LogP contribution >= 0.6 is 0 Å². The summed E-state index contributed by atoms with van der Waals surface area (Å²) in [5, 5.41) is 9.33. The zero-order chi connectivity index (χ0) is 14.7. The topological polar surface area (TPSA) is 52.2 Å². The molecular formula is C17H25N3O. The predicted molar refractivity (Wildman–Crippen MR) is 85.2 cm³/mol. The summed E-state index contributed by atoms with van der Waals surface area (Å²) in [7, 11) is 0. The summed E-state index contributed by atoms with van der Waals surface area (Å²) < 4.78 is 0. The van der Waals surface area contributed by atoms with Crippen LogP contribution in [0.4, 0.5) is 0 Å². The average Bonchev–Trinajstić information content (AvgIpc) is 2.93. The molecule has 4 nitrogen and oxygen atoms in total. The van der Waals surface area contributed by atoms with E-state index in [1.807, 2.05) is 12.1 Å². The zero-order valence-electron chi connectivity index (χ0n) is 12.8. The number of aromatic amines is 1. The standard InChI is InChI=1S/C17H25N3O/c1-2-16(20-11-6-5-7-13(20)10-12-21)17-18-14-8-3-4-9-15(14)19-17/h3-4,8-9,13,16,21H,2,5-7,10-12H2,1H3,(H,18,19). The van der Waals surface area contributed by atoms with Gasteiger partial charge in [-0.3, -0.25) is 4.90 Å². The second-order valence-electron chi connectivity index (χ2n) is 5.96. The minimum absolute atomic E-state index is 0.276. The number of hydrogen-bond donors (Lipinski definition) is 2. The monoisotopic (exact) mass is 287 g/mol. The Morgan fingerprint density at radius 1 is 1.38 bits per heavy atom. The molecule has 1 aromatic heterocycles. The van der Waals surface area contributed by atoms with E-state index in [0.717, 1.165) is 36.2 Å². The van der Waals surface area contributed by atoms with Gasteiger partial charge in [0.15, 0.2) is 0 Å². The molecule has 1 aliphatic rings. The Bertz CT molecular complexity index is 545. The minimum atomic E-state index is 0.276. The fourth-order valence-corrected chi connectivity index (χ4v) is 3.61. The number of fused-ring (bicyclic) bond motifs is 1. The molecule has 1 saturated heterocycles. The largest absolute Gasteiger partial charge is 0.396 e. The lowest BCUT2D eigenvalue weighted by atomic mass is 9.96. The fraction of sp³-hybridized carbons (Fsp3) is 0.588. The van der Waals surface area contributed by atoms with E-state index in [9.17, 15) is 5.11 Å². The Morgan fingerprint density at radius 2 is 2.24 bits per heavy atom. The molecule has 1 aliphatic heterocycles. The summed E-state index contributed by atoms with van der Waals surface area (Å²) in [6.07, 6.45) is 5.63. The van der Waals surface area contributed by atoms with Crippen LogP contribution in [0.1, 0.15) is 50.9 Å². The van der Waals surface area contributed by atoms with Crippen LogP contribution in [0.2, 0.25) is 0 Å². The van der Waals surface area contributed by atoms with Crippen molar-refractivity contribution in [2.45, 2.75) is 51.1 Å². The smallest absolute Gasteiger partial charge is 0.124 e. The van der Waals surface area contributed by atoms with Crippen molar-refractivity contribution in [1.29, 1.82) is 0 Å². The Kier molecular flexibility index (Phi) is 4.56. The van der Waals surface area contributed by atoms with Gasteiger partial charge in [0.25, 0.3) is 0 Å². The number of likely N-dealkylation sites (tertiary alicyclic amines) is 1. The van der Waals surface area contributed by atoms with E-state index >= 15 is 0 Å². The highest BCUT2D eigenvalue weighted by atomic mass is 16.3. The van der Waals surface area contributed by atoms with Crippen molar-refractivity contribution in [3.63, 3.8) is 0 Å². The number of aliphatic hydroxyl groups excluding tert-OH is 1. The van der Waals surface area contributed by atoms with Gasteiger partial charge in [0, 0.05) is 12.6 Å². The first-order chi connectivity index (χ1) is 10.3. The highest BCUT2D eigenvalue weighted by molar-refractivity contribution is 5.74. The Morgan fingerprint density at radius 3 is 3.00 bits per heavy atom. The van der Waals surface area contributed by atoms with Crippen LogP contribution in [-0.4, -0.2) is 39.2 Å². The van der Waals surface area contributed by atoms with Crippen LogP contribution in [0, 0.1) is 0 Å². The summed E-state index contributed by atoms with van der Waals surface area (Å²) in [6.45, 7) is 3.61. The van der Waals surface area contributed by atoms with E-state index in [0.29, 0.717) is 12.1 Å². The highest BCUT2D eigenvalue weighted by Crippen LogP contribution is 2.31. The number of hydrogen-bond acceptors (Lipinski definition) is 3. The highest BCUT2D eigenvalue weighted by Gasteiger charge is 2.30. The van der Waals surface area contributed by atoms with Crippen molar-refractivity contribution in [2.24, 2.45) is 0 Å². The molecule has 114 valence electrons. The van der Waals surface area contributed by atoms with E-state index in [1.165, 1.54) is 19.3 Å². The molecule has 2 heterocycles.